The number of methoxy groups -OCH3 is 1. The third kappa shape index (κ3) is 5.43. The van der Waals surface area contributed by atoms with Gasteiger partial charge >= 0.3 is 5.97 Å². The van der Waals surface area contributed by atoms with Gasteiger partial charge in [-0.25, -0.2) is 4.39 Å². The van der Waals surface area contributed by atoms with Crippen LogP contribution in [0.4, 0.5) is 4.39 Å². The van der Waals surface area contributed by atoms with Crippen LogP contribution in [0.15, 0.2) is 59.4 Å². The van der Waals surface area contributed by atoms with Crippen LogP contribution >= 0.6 is 0 Å². The van der Waals surface area contributed by atoms with E-state index in [1.54, 1.807) is 34.9 Å². The van der Waals surface area contributed by atoms with E-state index in [1.807, 2.05) is 26.0 Å². The standard InChI is InChI=1S/C26H26FNO5/c1-16(2)28-25(17-8-10-18(27)11-9-17)22(21-6-4-5-7-23(21)26(28)32)13-12-19(29)14-20(30)15-24(31)33-3/h4-13,16,19,29H,14-15H2,1-3H3. The van der Waals surface area contributed by atoms with E-state index in [0.29, 0.717) is 27.6 Å². The summed E-state index contributed by atoms with van der Waals surface area (Å²) in [5, 5.41) is 11.6. The van der Waals surface area contributed by atoms with E-state index in [9.17, 15) is 23.9 Å². The molecule has 0 aliphatic rings. The maximum absolute atomic E-state index is 13.6. The van der Waals surface area contributed by atoms with E-state index in [0.717, 1.165) is 0 Å². The SMILES string of the molecule is COC(=O)CC(=O)CC(O)C=Cc1c(-c2ccc(F)cc2)n(C(C)C)c(=O)c2ccccc12. The Morgan fingerprint density at radius 3 is 2.33 bits per heavy atom. The minimum Gasteiger partial charge on any atom is -0.469 e. The van der Waals surface area contributed by atoms with Gasteiger partial charge in [0.15, 0.2) is 0 Å². The van der Waals surface area contributed by atoms with Crippen LogP contribution in [0.1, 0.15) is 38.3 Å². The van der Waals surface area contributed by atoms with Gasteiger partial charge in [0.1, 0.15) is 18.0 Å². The van der Waals surface area contributed by atoms with Crippen molar-refractivity contribution in [1.82, 2.24) is 4.57 Å². The Morgan fingerprint density at radius 1 is 1.09 bits per heavy atom. The molecule has 7 heteroatoms. The van der Waals surface area contributed by atoms with Gasteiger partial charge in [0.05, 0.1) is 18.9 Å². The molecule has 1 N–H and O–H groups in total. The number of hydrogen-bond acceptors (Lipinski definition) is 5. The first-order valence-corrected chi connectivity index (χ1v) is 10.6. The number of aliphatic hydroxyl groups is 1. The third-order valence-corrected chi connectivity index (χ3v) is 5.29. The summed E-state index contributed by atoms with van der Waals surface area (Å²) in [5.41, 5.74) is 1.71. The number of aromatic nitrogens is 1. The summed E-state index contributed by atoms with van der Waals surface area (Å²) in [5.74, 6) is -1.51. The van der Waals surface area contributed by atoms with Gasteiger partial charge in [-0.15, -0.1) is 0 Å². The molecular formula is C26H26FNO5. The molecular weight excluding hydrogens is 425 g/mol. The number of pyridine rings is 1. The highest BCUT2D eigenvalue weighted by Crippen LogP contribution is 2.32. The third-order valence-electron chi connectivity index (χ3n) is 5.29. The molecule has 0 aliphatic carbocycles. The van der Waals surface area contributed by atoms with Gasteiger partial charge in [0, 0.05) is 23.4 Å². The molecule has 33 heavy (non-hydrogen) atoms. The highest BCUT2D eigenvalue weighted by molar-refractivity contribution is 5.97. The Bertz CT molecular complexity index is 1260. The molecule has 1 aromatic heterocycles. The van der Waals surface area contributed by atoms with Gasteiger partial charge in [0.25, 0.3) is 5.56 Å². The predicted molar refractivity (Wildman–Crippen MR) is 125 cm³/mol. The number of ether oxygens (including phenoxy) is 1. The lowest BCUT2D eigenvalue weighted by molar-refractivity contribution is -0.143. The van der Waals surface area contributed by atoms with E-state index in [1.165, 1.54) is 25.3 Å². The Labute approximate surface area is 190 Å². The van der Waals surface area contributed by atoms with Crippen LogP contribution in [0.3, 0.4) is 0 Å². The zero-order valence-electron chi connectivity index (χ0n) is 18.7. The predicted octanol–water partition coefficient (Wildman–Crippen LogP) is 4.28. The second kappa shape index (κ2) is 10.4. The summed E-state index contributed by atoms with van der Waals surface area (Å²) in [4.78, 5) is 36.6. The average Bonchev–Trinajstić information content (AvgIpc) is 2.78. The summed E-state index contributed by atoms with van der Waals surface area (Å²) >= 11 is 0. The molecule has 1 heterocycles. The fourth-order valence-electron chi connectivity index (χ4n) is 3.77. The van der Waals surface area contributed by atoms with Crippen LogP contribution in [0, 0.1) is 5.82 Å². The second-order valence-electron chi connectivity index (χ2n) is 8.01. The van der Waals surface area contributed by atoms with Crippen LogP contribution in [-0.4, -0.2) is 34.6 Å². The number of esters is 1. The molecule has 172 valence electrons. The minimum atomic E-state index is -1.14. The average molecular weight is 451 g/mol. The van der Waals surface area contributed by atoms with E-state index >= 15 is 0 Å². The normalized spacial score (nSPS) is 12.4. The highest BCUT2D eigenvalue weighted by atomic mass is 19.1. The van der Waals surface area contributed by atoms with Gasteiger partial charge in [-0.3, -0.25) is 14.4 Å². The first-order chi connectivity index (χ1) is 15.7. The number of rotatable bonds is 8. The Balaban J connectivity index is 2.16. The molecule has 0 amide bonds. The van der Waals surface area contributed by atoms with E-state index in [4.69, 9.17) is 0 Å². The number of fused-ring (bicyclic) bond motifs is 1. The molecule has 0 bridgehead atoms. The molecule has 3 aromatic rings. The molecule has 3 rings (SSSR count). The largest absolute Gasteiger partial charge is 0.469 e. The monoisotopic (exact) mass is 451 g/mol. The molecule has 1 atom stereocenters. The molecule has 0 radical (unpaired) electrons. The second-order valence-corrected chi connectivity index (χ2v) is 8.01. The molecule has 6 nitrogen and oxygen atoms in total. The Morgan fingerprint density at radius 2 is 1.73 bits per heavy atom. The number of nitrogens with zero attached hydrogens (tertiary/aromatic N) is 1. The quantitative estimate of drug-likeness (QED) is 0.408. The van der Waals surface area contributed by atoms with Crippen LogP contribution in [0.25, 0.3) is 28.1 Å². The molecule has 0 fully saturated rings. The first-order valence-electron chi connectivity index (χ1n) is 10.6. The van der Waals surface area contributed by atoms with Gasteiger partial charge < -0.3 is 14.4 Å². The van der Waals surface area contributed by atoms with Gasteiger partial charge in [-0.2, -0.15) is 0 Å². The van der Waals surface area contributed by atoms with Gasteiger partial charge in [-0.05, 0) is 55.1 Å². The van der Waals surface area contributed by atoms with Crippen LogP contribution in [-0.2, 0) is 14.3 Å². The smallest absolute Gasteiger partial charge is 0.313 e. The fourth-order valence-corrected chi connectivity index (χ4v) is 3.77. The van der Waals surface area contributed by atoms with E-state index < -0.39 is 30.1 Å². The summed E-state index contributed by atoms with van der Waals surface area (Å²) in [6, 6.07) is 12.8. The maximum Gasteiger partial charge on any atom is 0.313 e. The van der Waals surface area contributed by atoms with E-state index in [-0.39, 0.29) is 18.0 Å². The zero-order valence-corrected chi connectivity index (χ0v) is 18.7. The number of Topliss-reactive ketones (excluding diaryl/α,β-unsaturated/α-hetero) is 1. The Hall–Kier alpha value is -3.58. The number of carbonyl (C=O) groups is 2. The van der Waals surface area contributed by atoms with Crippen molar-refractivity contribution < 1.29 is 23.8 Å². The zero-order chi connectivity index (χ0) is 24.1. The highest BCUT2D eigenvalue weighted by Gasteiger charge is 2.19. The molecule has 0 saturated heterocycles. The number of hydrogen-bond donors (Lipinski definition) is 1. The number of aliphatic hydroxyl groups excluding tert-OH is 1. The Kier molecular flexibility index (Phi) is 7.55. The lowest BCUT2D eigenvalue weighted by atomic mass is 9.97. The summed E-state index contributed by atoms with van der Waals surface area (Å²) < 4.78 is 19.7. The number of halogens is 1. The topological polar surface area (TPSA) is 85.6 Å². The van der Waals surface area contributed by atoms with Gasteiger partial charge in [-0.1, -0.05) is 30.4 Å². The molecule has 1 unspecified atom stereocenters. The van der Waals surface area contributed by atoms with Crippen molar-refractivity contribution in [3.05, 3.63) is 76.3 Å². The minimum absolute atomic E-state index is 0.175. The van der Waals surface area contributed by atoms with Gasteiger partial charge in [0.2, 0.25) is 0 Å². The summed E-state index contributed by atoms with van der Waals surface area (Å²) in [7, 11) is 1.19. The van der Waals surface area contributed by atoms with Crippen molar-refractivity contribution in [2.45, 2.75) is 38.8 Å². The lowest BCUT2D eigenvalue weighted by Gasteiger charge is -2.21. The van der Waals surface area contributed by atoms with Crippen molar-refractivity contribution in [3.8, 4) is 11.3 Å². The summed E-state index contributed by atoms with van der Waals surface area (Å²) in [6.07, 6.45) is 1.32. The van der Waals surface area contributed by atoms with Crippen molar-refractivity contribution in [2.24, 2.45) is 0 Å². The van der Waals surface area contributed by atoms with Crippen molar-refractivity contribution >= 4 is 28.6 Å². The van der Waals surface area contributed by atoms with E-state index in [2.05, 4.69) is 4.74 Å². The van der Waals surface area contributed by atoms with Crippen molar-refractivity contribution in [2.75, 3.05) is 7.11 Å². The van der Waals surface area contributed by atoms with Crippen LogP contribution in [0.2, 0.25) is 0 Å². The van der Waals surface area contributed by atoms with Crippen LogP contribution < -0.4 is 5.56 Å². The maximum atomic E-state index is 13.6. The molecule has 2 aromatic carbocycles. The number of ketones is 1. The summed E-state index contributed by atoms with van der Waals surface area (Å²) in [6.45, 7) is 3.77. The first kappa shape index (κ1) is 24.1. The number of benzene rings is 2. The molecule has 0 saturated carbocycles. The molecule has 0 spiro atoms. The number of carbonyl (C=O) groups excluding carboxylic acids is 2. The van der Waals surface area contributed by atoms with Crippen molar-refractivity contribution in [1.29, 1.82) is 0 Å². The fraction of sp³-hybridized carbons (Fsp3) is 0.269. The van der Waals surface area contributed by atoms with Crippen LogP contribution in [0.5, 0.6) is 0 Å². The molecule has 0 aliphatic heterocycles. The lowest BCUT2D eigenvalue weighted by Crippen LogP contribution is -2.25. The van der Waals surface area contributed by atoms with Crippen molar-refractivity contribution in [3.63, 3.8) is 0 Å².